The monoisotopic (exact) mass is 389 g/mol. The van der Waals surface area contributed by atoms with Gasteiger partial charge < -0.3 is 9.88 Å². The summed E-state index contributed by atoms with van der Waals surface area (Å²) in [5.41, 5.74) is 1.50. The number of hydrogen-bond donors (Lipinski definition) is 1. The lowest BCUT2D eigenvalue weighted by Crippen LogP contribution is -2.36. The molecule has 2 aromatic rings. The number of aromatic nitrogens is 3. The number of rotatable bonds is 5. The van der Waals surface area contributed by atoms with Crippen molar-refractivity contribution in [2.24, 2.45) is 13.0 Å². The molecule has 1 N–H and O–H groups in total. The van der Waals surface area contributed by atoms with E-state index in [0.717, 1.165) is 24.2 Å². The van der Waals surface area contributed by atoms with Gasteiger partial charge in [-0.05, 0) is 31.9 Å². The van der Waals surface area contributed by atoms with Crippen LogP contribution in [-0.4, -0.2) is 52.3 Å². The van der Waals surface area contributed by atoms with Crippen LogP contribution in [0.4, 0.5) is 0 Å². The Kier molecular flexibility index (Phi) is 4.51. The second-order valence-electron chi connectivity index (χ2n) is 7.42. The van der Waals surface area contributed by atoms with Crippen molar-refractivity contribution in [3.8, 4) is 0 Å². The Labute approximate surface area is 158 Å². The van der Waals surface area contributed by atoms with E-state index in [-0.39, 0.29) is 35.9 Å². The predicted molar refractivity (Wildman–Crippen MR) is 98.3 cm³/mol. The van der Waals surface area contributed by atoms with Crippen LogP contribution in [0.1, 0.15) is 30.1 Å². The predicted octanol–water partition coefficient (Wildman–Crippen LogP) is 0.806. The maximum atomic E-state index is 13.1. The Hall–Kier alpha value is -2.26. The molecule has 1 aliphatic carbocycles. The fourth-order valence-electron chi connectivity index (χ4n) is 3.45. The molecule has 27 heavy (non-hydrogen) atoms. The summed E-state index contributed by atoms with van der Waals surface area (Å²) >= 11 is 0. The minimum atomic E-state index is -3.71. The molecule has 0 unspecified atom stereocenters. The molecule has 9 heteroatoms. The SMILES string of the molecule is Cc1ccc(S(=O)(=O)N2C[C@@H](C(=O)NC3CC3)[C@H](c3cn(C)cn3)C2)cn1. The van der Waals surface area contributed by atoms with Gasteiger partial charge in [0.15, 0.2) is 0 Å². The summed E-state index contributed by atoms with van der Waals surface area (Å²) in [6.45, 7) is 2.19. The standard InChI is InChI=1S/C18H23N5O3S/c1-12-3-6-14(7-19-12)27(25,26)23-8-15(17-10-22(2)11-20-17)16(9-23)18(24)21-13-4-5-13/h3,6-7,10-11,13,15-16H,4-5,8-9H2,1-2H3,(H,21,24)/t15-,16-/m1/s1. The second-order valence-corrected chi connectivity index (χ2v) is 9.36. The molecule has 1 amide bonds. The van der Waals surface area contributed by atoms with E-state index in [4.69, 9.17) is 0 Å². The number of pyridine rings is 1. The average molecular weight is 389 g/mol. The molecule has 144 valence electrons. The van der Waals surface area contributed by atoms with Crippen LogP contribution in [-0.2, 0) is 21.9 Å². The molecule has 2 fully saturated rings. The Morgan fingerprint density at radius 1 is 1.22 bits per heavy atom. The van der Waals surface area contributed by atoms with Crippen LogP contribution in [0.15, 0.2) is 35.7 Å². The third-order valence-electron chi connectivity index (χ3n) is 5.17. The van der Waals surface area contributed by atoms with Crippen molar-refractivity contribution in [1.29, 1.82) is 0 Å². The van der Waals surface area contributed by atoms with Crippen LogP contribution in [0, 0.1) is 12.8 Å². The van der Waals surface area contributed by atoms with Crippen LogP contribution in [0.3, 0.4) is 0 Å². The summed E-state index contributed by atoms with van der Waals surface area (Å²) in [5.74, 6) is -0.806. The van der Waals surface area contributed by atoms with Crippen LogP contribution in [0.2, 0.25) is 0 Å². The van der Waals surface area contributed by atoms with Crippen LogP contribution in [0.5, 0.6) is 0 Å². The van der Waals surface area contributed by atoms with E-state index in [0.29, 0.717) is 0 Å². The summed E-state index contributed by atoms with van der Waals surface area (Å²) in [4.78, 5) is 21.4. The van der Waals surface area contributed by atoms with Crippen molar-refractivity contribution < 1.29 is 13.2 Å². The molecule has 0 aromatic carbocycles. The summed E-state index contributed by atoms with van der Waals surface area (Å²) in [7, 11) is -1.85. The van der Waals surface area contributed by atoms with Gasteiger partial charge in [0, 0.05) is 50.2 Å². The van der Waals surface area contributed by atoms with E-state index in [1.54, 1.807) is 18.5 Å². The van der Waals surface area contributed by atoms with Gasteiger partial charge in [-0.15, -0.1) is 0 Å². The van der Waals surface area contributed by atoms with Crippen molar-refractivity contribution in [3.63, 3.8) is 0 Å². The number of nitrogens with one attached hydrogen (secondary N) is 1. The number of aryl methyl sites for hydroxylation is 2. The summed E-state index contributed by atoms with van der Waals surface area (Å²) in [6, 6.07) is 3.47. The molecule has 1 aliphatic heterocycles. The van der Waals surface area contributed by atoms with Crippen molar-refractivity contribution in [1.82, 2.24) is 24.2 Å². The number of imidazole rings is 1. The van der Waals surface area contributed by atoms with Gasteiger partial charge in [-0.1, -0.05) is 0 Å². The summed E-state index contributed by atoms with van der Waals surface area (Å²) in [5, 5.41) is 3.01. The number of amides is 1. The van der Waals surface area contributed by atoms with E-state index in [1.165, 1.54) is 10.5 Å². The van der Waals surface area contributed by atoms with E-state index in [2.05, 4.69) is 15.3 Å². The summed E-state index contributed by atoms with van der Waals surface area (Å²) in [6.07, 6.45) is 6.88. The van der Waals surface area contributed by atoms with Crippen molar-refractivity contribution in [2.75, 3.05) is 13.1 Å². The smallest absolute Gasteiger partial charge is 0.244 e. The second kappa shape index (κ2) is 6.72. The Bertz CT molecular complexity index is 950. The molecule has 8 nitrogen and oxygen atoms in total. The number of hydrogen-bond acceptors (Lipinski definition) is 5. The quantitative estimate of drug-likeness (QED) is 0.816. The molecule has 1 saturated carbocycles. The topological polar surface area (TPSA) is 97.2 Å². The largest absolute Gasteiger partial charge is 0.353 e. The van der Waals surface area contributed by atoms with Crippen molar-refractivity contribution in [3.05, 3.63) is 42.2 Å². The van der Waals surface area contributed by atoms with Crippen molar-refractivity contribution >= 4 is 15.9 Å². The molecule has 0 spiro atoms. The molecule has 4 rings (SSSR count). The highest BCUT2D eigenvalue weighted by atomic mass is 32.2. The minimum absolute atomic E-state index is 0.0899. The zero-order chi connectivity index (χ0) is 19.2. The number of carbonyl (C=O) groups is 1. The summed E-state index contributed by atoms with van der Waals surface area (Å²) < 4.78 is 29.3. The molecule has 0 bridgehead atoms. The van der Waals surface area contributed by atoms with E-state index in [9.17, 15) is 13.2 Å². The molecular weight excluding hydrogens is 366 g/mol. The van der Waals surface area contributed by atoms with Gasteiger partial charge in [0.25, 0.3) is 0 Å². The fraction of sp³-hybridized carbons (Fsp3) is 0.500. The Morgan fingerprint density at radius 3 is 2.59 bits per heavy atom. The number of nitrogens with zero attached hydrogens (tertiary/aromatic N) is 4. The number of sulfonamides is 1. The highest BCUT2D eigenvalue weighted by Gasteiger charge is 2.45. The highest BCUT2D eigenvalue weighted by molar-refractivity contribution is 7.89. The van der Waals surface area contributed by atoms with E-state index >= 15 is 0 Å². The maximum absolute atomic E-state index is 13.1. The van der Waals surface area contributed by atoms with Gasteiger partial charge in [-0.2, -0.15) is 4.31 Å². The number of carbonyl (C=O) groups excluding carboxylic acids is 1. The Balaban J connectivity index is 1.62. The first-order valence-electron chi connectivity index (χ1n) is 9.05. The first-order chi connectivity index (χ1) is 12.8. The third kappa shape index (κ3) is 3.61. The lowest BCUT2D eigenvalue weighted by molar-refractivity contribution is -0.125. The van der Waals surface area contributed by atoms with Gasteiger partial charge in [0.1, 0.15) is 4.90 Å². The van der Waals surface area contributed by atoms with Crippen LogP contribution >= 0.6 is 0 Å². The normalized spacial score (nSPS) is 23.5. The van der Waals surface area contributed by atoms with Gasteiger partial charge in [0.2, 0.25) is 15.9 Å². The first kappa shape index (κ1) is 18.1. The molecule has 3 heterocycles. The molecule has 0 radical (unpaired) electrons. The molecule has 2 aromatic heterocycles. The van der Waals surface area contributed by atoms with Crippen LogP contribution in [0.25, 0.3) is 0 Å². The van der Waals surface area contributed by atoms with E-state index < -0.39 is 15.9 Å². The van der Waals surface area contributed by atoms with Gasteiger partial charge in [-0.25, -0.2) is 13.4 Å². The van der Waals surface area contributed by atoms with Crippen LogP contribution < -0.4 is 5.32 Å². The lowest BCUT2D eigenvalue weighted by atomic mass is 9.92. The highest BCUT2D eigenvalue weighted by Crippen LogP contribution is 2.35. The lowest BCUT2D eigenvalue weighted by Gasteiger charge is -2.16. The average Bonchev–Trinajstić information content (AvgIpc) is 3.15. The fourth-order valence-corrected chi connectivity index (χ4v) is 4.88. The van der Waals surface area contributed by atoms with Gasteiger partial charge >= 0.3 is 0 Å². The van der Waals surface area contributed by atoms with Gasteiger partial charge in [-0.3, -0.25) is 9.78 Å². The Morgan fingerprint density at radius 2 is 2.00 bits per heavy atom. The first-order valence-corrected chi connectivity index (χ1v) is 10.5. The zero-order valence-electron chi connectivity index (χ0n) is 15.4. The minimum Gasteiger partial charge on any atom is -0.353 e. The molecule has 1 saturated heterocycles. The molecule has 2 atom stereocenters. The third-order valence-corrected chi connectivity index (χ3v) is 6.99. The van der Waals surface area contributed by atoms with Crippen molar-refractivity contribution in [2.45, 2.75) is 36.6 Å². The van der Waals surface area contributed by atoms with Gasteiger partial charge in [0.05, 0.1) is 17.9 Å². The van der Waals surface area contributed by atoms with E-state index in [1.807, 2.05) is 24.7 Å². The molecule has 2 aliphatic rings. The maximum Gasteiger partial charge on any atom is 0.244 e. The molecular formula is C18H23N5O3S. The zero-order valence-corrected chi connectivity index (χ0v) is 16.2.